The normalized spacial score (nSPS) is 23.1. The topological polar surface area (TPSA) is 53.1 Å². The maximum atomic E-state index is 13.8. The lowest BCUT2D eigenvalue weighted by Crippen LogP contribution is -2.22. The van der Waals surface area contributed by atoms with Crippen molar-refractivity contribution in [2.75, 3.05) is 12.8 Å². The van der Waals surface area contributed by atoms with Gasteiger partial charge in [-0.05, 0) is 18.8 Å². The first kappa shape index (κ1) is 13.2. The van der Waals surface area contributed by atoms with Crippen LogP contribution in [0.4, 0.5) is 10.3 Å². The highest BCUT2D eigenvalue weighted by Gasteiger charge is 2.26. The molecule has 2 aromatic rings. The van der Waals surface area contributed by atoms with Gasteiger partial charge in [0.15, 0.2) is 11.6 Å². The van der Waals surface area contributed by atoms with Crippen molar-refractivity contribution in [3.8, 4) is 5.75 Å². The molecule has 0 aliphatic heterocycles. The predicted molar refractivity (Wildman–Crippen MR) is 77.3 cm³/mol. The standard InChI is InChI=1S/C15H20FN3O/c1-9-5-3-4-6-12(9)19-13-8-14(20-2)10(16)7-11(13)18-15(19)17/h7-9,12H,3-6H2,1-2H3,(H2,17,18). The molecule has 1 saturated carbocycles. The first-order valence-corrected chi connectivity index (χ1v) is 7.12. The third-order valence-corrected chi connectivity index (χ3v) is 4.39. The average molecular weight is 277 g/mol. The van der Waals surface area contributed by atoms with E-state index >= 15 is 0 Å². The minimum Gasteiger partial charge on any atom is -0.494 e. The Hall–Kier alpha value is -1.78. The highest BCUT2D eigenvalue weighted by Crippen LogP contribution is 2.38. The molecule has 2 N–H and O–H groups in total. The fourth-order valence-corrected chi connectivity index (χ4v) is 3.30. The third kappa shape index (κ3) is 2.01. The number of anilines is 1. The molecule has 2 atom stereocenters. The summed E-state index contributed by atoms with van der Waals surface area (Å²) in [6, 6.07) is 3.44. The summed E-state index contributed by atoms with van der Waals surface area (Å²) in [7, 11) is 1.47. The van der Waals surface area contributed by atoms with Crippen LogP contribution in [0, 0.1) is 11.7 Å². The van der Waals surface area contributed by atoms with Gasteiger partial charge < -0.3 is 15.0 Å². The van der Waals surface area contributed by atoms with Crippen LogP contribution in [0.2, 0.25) is 0 Å². The van der Waals surface area contributed by atoms with Gasteiger partial charge in [0.05, 0.1) is 18.1 Å². The van der Waals surface area contributed by atoms with Crippen molar-refractivity contribution in [2.24, 2.45) is 5.92 Å². The van der Waals surface area contributed by atoms with Gasteiger partial charge >= 0.3 is 0 Å². The van der Waals surface area contributed by atoms with E-state index in [1.54, 1.807) is 6.07 Å². The van der Waals surface area contributed by atoms with Crippen LogP contribution in [0.25, 0.3) is 11.0 Å². The zero-order chi connectivity index (χ0) is 14.3. The second-order valence-corrected chi connectivity index (χ2v) is 5.64. The smallest absolute Gasteiger partial charge is 0.201 e. The Kier molecular flexibility index (Phi) is 3.28. The number of nitrogens with two attached hydrogens (primary N) is 1. The number of aromatic nitrogens is 2. The van der Waals surface area contributed by atoms with E-state index in [-0.39, 0.29) is 5.75 Å². The van der Waals surface area contributed by atoms with Crippen LogP contribution in [-0.4, -0.2) is 16.7 Å². The molecule has 5 heteroatoms. The van der Waals surface area contributed by atoms with Crippen LogP contribution in [-0.2, 0) is 0 Å². The molecule has 1 aromatic carbocycles. The molecule has 0 saturated heterocycles. The number of imidazole rings is 1. The first-order chi connectivity index (χ1) is 9.61. The fourth-order valence-electron chi connectivity index (χ4n) is 3.30. The van der Waals surface area contributed by atoms with Crippen LogP contribution in [0.3, 0.4) is 0 Å². The third-order valence-electron chi connectivity index (χ3n) is 4.39. The van der Waals surface area contributed by atoms with Gasteiger partial charge in [0.2, 0.25) is 5.95 Å². The van der Waals surface area contributed by atoms with Crippen molar-refractivity contribution in [1.82, 2.24) is 9.55 Å². The van der Waals surface area contributed by atoms with Crippen LogP contribution < -0.4 is 10.5 Å². The Labute approximate surface area is 117 Å². The maximum Gasteiger partial charge on any atom is 0.201 e. The molecule has 1 aliphatic rings. The average Bonchev–Trinajstić information content (AvgIpc) is 2.73. The molecule has 0 bridgehead atoms. The van der Waals surface area contributed by atoms with Crippen LogP contribution in [0.15, 0.2) is 12.1 Å². The van der Waals surface area contributed by atoms with Gasteiger partial charge in [0.1, 0.15) is 0 Å². The second kappa shape index (κ2) is 4.96. The Morgan fingerprint density at radius 1 is 1.35 bits per heavy atom. The first-order valence-electron chi connectivity index (χ1n) is 7.12. The molecule has 0 spiro atoms. The Morgan fingerprint density at radius 2 is 2.10 bits per heavy atom. The molecule has 4 nitrogen and oxygen atoms in total. The molecule has 0 radical (unpaired) electrons. The molecule has 0 amide bonds. The molecule has 1 aromatic heterocycles. The van der Waals surface area contributed by atoms with E-state index in [1.165, 1.54) is 32.4 Å². The van der Waals surface area contributed by atoms with Gasteiger partial charge in [0, 0.05) is 18.2 Å². The zero-order valence-electron chi connectivity index (χ0n) is 11.9. The summed E-state index contributed by atoms with van der Waals surface area (Å²) < 4.78 is 20.9. The summed E-state index contributed by atoms with van der Waals surface area (Å²) in [6.45, 7) is 2.25. The maximum absolute atomic E-state index is 13.8. The number of nitrogen functional groups attached to an aromatic ring is 1. The Bertz CT molecular complexity index is 638. The van der Waals surface area contributed by atoms with Crippen molar-refractivity contribution in [1.29, 1.82) is 0 Å². The van der Waals surface area contributed by atoms with Crippen molar-refractivity contribution < 1.29 is 9.13 Å². The number of methoxy groups -OCH3 is 1. The molecule has 2 unspecified atom stereocenters. The SMILES string of the molecule is COc1cc2c(cc1F)nc(N)n2C1CCCCC1C. The molecule has 20 heavy (non-hydrogen) atoms. The second-order valence-electron chi connectivity index (χ2n) is 5.64. The molecule has 1 aliphatic carbocycles. The zero-order valence-corrected chi connectivity index (χ0v) is 11.9. The van der Waals surface area contributed by atoms with Gasteiger partial charge in [-0.2, -0.15) is 0 Å². The summed E-state index contributed by atoms with van der Waals surface area (Å²) in [6.07, 6.45) is 4.76. The number of halogens is 1. The number of benzene rings is 1. The number of nitrogens with zero attached hydrogens (tertiary/aromatic N) is 2. The summed E-state index contributed by atoms with van der Waals surface area (Å²) in [5.74, 6) is 0.856. The largest absolute Gasteiger partial charge is 0.494 e. The Balaban J connectivity index is 2.16. The van der Waals surface area contributed by atoms with Crippen molar-refractivity contribution >= 4 is 17.0 Å². The molecule has 3 rings (SSSR count). The van der Waals surface area contributed by atoms with E-state index in [2.05, 4.69) is 16.5 Å². The summed E-state index contributed by atoms with van der Waals surface area (Å²) in [5, 5.41) is 0. The van der Waals surface area contributed by atoms with Crippen molar-refractivity contribution in [2.45, 2.75) is 38.6 Å². The minimum absolute atomic E-state index is 0.238. The van der Waals surface area contributed by atoms with E-state index in [4.69, 9.17) is 10.5 Å². The van der Waals surface area contributed by atoms with E-state index in [0.717, 1.165) is 11.9 Å². The van der Waals surface area contributed by atoms with Crippen molar-refractivity contribution in [3.05, 3.63) is 17.9 Å². The number of ether oxygens (including phenoxy) is 1. The highest BCUT2D eigenvalue weighted by molar-refractivity contribution is 5.80. The van der Waals surface area contributed by atoms with Crippen LogP contribution in [0.1, 0.15) is 38.6 Å². The summed E-state index contributed by atoms with van der Waals surface area (Å²) >= 11 is 0. The van der Waals surface area contributed by atoms with E-state index in [0.29, 0.717) is 23.4 Å². The quantitative estimate of drug-likeness (QED) is 0.913. The lowest BCUT2D eigenvalue weighted by molar-refractivity contribution is 0.264. The van der Waals surface area contributed by atoms with Gasteiger partial charge in [-0.25, -0.2) is 9.37 Å². The fraction of sp³-hybridized carbons (Fsp3) is 0.533. The number of hydrogen-bond acceptors (Lipinski definition) is 3. The summed E-state index contributed by atoms with van der Waals surface area (Å²) in [5.41, 5.74) is 7.53. The monoisotopic (exact) mass is 277 g/mol. The lowest BCUT2D eigenvalue weighted by Gasteiger charge is -2.31. The molecular weight excluding hydrogens is 257 g/mol. The summed E-state index contributed by atoms with van der Waals surface area (Å²) in [4.78, 5) is 4.30. The highest BCUT2D eigenvalue weighted by atomic mass is 19.1. The Morgan fingerprint density at radius 3 is 2.80 bits per heavy atom. The molecule has 1 fully saturated rings. The minimum atomic E-state index is -0.402. The van der Waals surface area contributed by atoms with Crippen LogP contribution >= 0.6 is 0 Å². The van der Waals surface area contributed by atoms with Crippen molar-refractivity contribution in [3.63, 3.8) is 0 Å². The van der Waals surface area contributed by atoms with E-state index in [1.807, 2.05) is 0 Å². The van der Waals surface area contributed by atoms with Gasteiger partial charge in [-0.3, -0.25) is 0 Å². The van der Waals surface area contributed by atoms with Gasteiger partial charge in [0.25, 0.3) is 0 Å². The molecule has 108 valence electrons. The molecular formula is C15H20FN3O. The van der Waals surface area contributed by atoms with Gasteiger partial charge in [-0.1, -0.05) is 19.8 Å². The number of hydrogen-bond donors (Lipinski definition) is 1. The molecule has 1 heterocycles. The van der Waals surface area contributed by atoms with Gasteiger partial charge in [-0.15, -0.1) is 0 Å². The lowest BCUT2D eigenvalue weighted by atomic mass is 9.85. The van der Waals surface area contributed by atoms with E-state index in [9.17, 15) is 4.39 Å². The number of rotatable bonds is 2. The number of fused-ring (bicyclic) bond motifs is 1. The predicted octanol–water partition coefficient (Wildman–Crippen LogP) is 3.52. The van der Waals surface area contributed by atoms with Crippen LogP contribution in [0.5, 0.6) is 5.75 Å². The van der Waals surface area contributed by atoms with E-state index < -0.39 is 5.82 Å².